The molecule has 0 unspecified atom stereocenters. The molecule has 7 heteroatoms. The summed E-state index contributed by atoms with van der Waals surface area (Å²) in [6, 6.07) is 15.9. The molecule has 35 heavy (non-hydrogen) atoms. The number of ether oxygens (including phenoxy) is 2. The topological polar surface area (TPSA) is 73.9 Å². The van der Waals surface area contributed by atoms with Gasteiger partial charge >= 0.3 is 12.1 Å². The molecule has 1 atom stereocenters. The molecule has 2 aromatic carbocycles. The first-order chi connectivity index (χ1) is 16.4. The van der Waals surface area contributed by atoms with E-state index in [0.717, 1.165) is 11.1 Å². The zero-order valence-electron chi connectivity index (χ0n) is 21.8. The van der Waals surface area contributed by atoms with E-state index >= 15 is 0 Å². The highest BCUT2D eigenvalue weighted by Gasteiger charge is 2.37. The lowest BCUT2D eigenvalue weighted by Gasteiger charge is -2.37. The quantitative estimate of drug-likeness (QED) is 0.275. The molecule has 0 radical (unpaired) electrons. The summed E-state index contributed by atoms with van der Waals surface area (Å²) in [5, 5.41) is 2.89. The lowest BCUT2D eigenvalue weighted by molar-refractivity contribution is -0.136. The molecule has 1 N–H and O–H groups in total. The maximum Gasteiger partial charge on any atom is 0.407 e. The van der Waals surface area contributed by atoms with E-state index in [0.29, 0.717) is 5.57 Å². The SMILES string of the molecule is COC(=O)/C(C)=C/[C@@H](CO[Si](C)(C)C(C)(C)C)NC(=O)OCC1c2ccccc2-c2ccccc21. The van der Waals surface area contributed by atoms with Crippen molar-refractivity contribution in [1.82, 2.24) is 5.32 Å². The lowest BCUT2D eigenvalue weighted by Crippen LogP contribution is -2.46. The average molecular weight is 496 g/mol. The van der Waals surface area contributed by atoms with E-state index in [9.17, 15) is 9.59 Å². The molecule has 0 bridgehead atoms. The Balaban J connectivity index is 1.71. The minimum atomic E-state index is -2.06. The van der Waals surface area contributed by atoms with Crippen LogP contribution in [0.2, 0.25) is 18.1 Å². The van der Waals surface area contributed by atoms with Crippen molar-refractivity contribution in [2.45, 2.75) is 57.8 Å². The molecular formula is C28H37NO5Si. The molecule has 0 spiro atoms. The Kier molecular flexibility index (Phi) is 8.23. The van der Waals surface area contributed by atoms with Gasteiger partial charge in [-0.3, -0.25) is 0 Å². The van der Waals surface area contributed by atoms with Gasteiger partial charge in [0.15, 0.2) is 8.32 Å². The second-order valence-corrected chi connectivity index (χ2v) is 15.3. The van der Waals surface area contributed by atoms with Crippen LogP contribution < -0.4 is 5.32 Å². The van der Waals surface area contributed by atoms with Crippen LogP contribution in [0.1, 0.15) is 44.7 Å². The number of benzene rings is 2. The normalized spacial score (nSPS) is 14.7. The number of alkyl carbamates (subject to hydrolysis) is 1. The van der Waals surface area contributed by atoms with Crippen molar-refractivity contribution in [3.8, 4) is 11.1 Å². The molecule has 188 valence electrons. The van der Waals surface area contributed by atoms with Crippen molar-refractivity contribution in [1.29, 1.82) is 0 Å². The van der Waals surface area contributed by atoms with Gasteiger partial charge in [-0.15, -0.1) is 0 Å². The van der Waals surface area contributed by atoms with Gasteiger partial charge in [0.05, 0.1) is 19.8 Å². The predicted octanol–water partition coefficient (Wildman–Crippen LogP) is 6.03. The van der Waals surface area contributed by atoms with Crippen molar-refractivity contribution in [2.24, 2.45) is 0 Å². The summed E-state index contributed by atoms with van der Waals surface area (Å²) in [5.74, 6) is -0.473. The summed E-state index contributed by atoms with van der Waals surface area (Å²) in [6.45, 7) is 12.9. The molecular weight excluding hydrogens is 458 g/mol. The minimum absolute atomic E-state index is 0.0163. The number of nitrogens with one attached hydrogen (secondary N) is 1. The van der Waals surface area contributed by atoms with Crippen LogP contribution in [0.3, 0.4) is 0 Å². The number of hydrogen-bond donors (Lipinski definition) is 1. The first kappa shape index (κ1) is 26.7. The second-order valence-electron chi connectivity index (χ2n) is 10.5. The van der Waals surface area contributed by atoms with Crippen LogP contribution in [0.4, 0.5) is 4.79 Å². The third-order valence-corrected chi connectivity index (χ3v) is 11.5. The van der Waals surface area contributed by atoms with Gasteiger partial charge < -0.3 is 19.2 Å². The fourth-order valence-electron chi connectivity index (χ4n) is 3.97. The van der Waals surface area contributed by atoms with Crippen LogP contribution in [0.15, 0.2) is 60.2 Å². The summed E-state index contributed by atoms with van der Waals surface area (Å²) in [6.07, 6.45) is 1.12. The van der Waals surface area contributed by atoms with Gasteiger partial charge in [0.25, 0.3) is 0 Å². The number of rotatable bonds is 8. The zero-order valence-corrected chi connectivity index (χ0v) is 22.8. The standard InChI is InChI=1S/C28H37NO5Si/c1-19(26(30)32-5)16-20(17-34-35(6,7)28(2,3)4)29-27(31)33-18-25-23-14-10-8-12-21(23)22-13-9-11-15-24(22)25/h8-16,20,25H,17-18H2,1-7H3,(H,29,31)/b19-16+/t20-/m0/s1. The van der Waals surface area contributed by atoms with Crippen molar-refractivity contribution in [3.63, 3.8) is 0 Å². The number of carbonyl (C=O) groups excluding carboxylic acids is 2. The van der Waals surface area contributed by atoms with Crippen LogP contribution >= 0.6 is 0 Å². The van der Waals surface area contributed by atoms with Crippen LogP contribution in [0.5, 0.6) is 0 Å². The first-order valence-corrected chi connectivity index (χ1v) is 14.9. The average Bonchev–Trinajstić information content (AvgIpc) is 3.13. The Morgan fingerprint density at radius 1 is 1.03 bits per heavy atom. The molecule has 2 aromatic rings. The molecule has 1 aliphatic carbocycles. The molecule has 0 aliphatic heterocycles. The molecule has 0 heterocycles. The third kappa shape index (κ3) is 6.21. The van der Waals surface area contributed by atoms with Gasteiger partial charge in [-0.25, -0.2) is 9.59 Å². The highest BCUT2D eigenvalue weighted by Crippen LogP contribution is 2.44. The smallest absolute Gasteiger partial charge is 0.407 e. The summed E-state index contributed by atoms with van der Waals surface area (Å²) >= 11 is 0. The fraction of sp³-hybridized carbons (Fsp3) is 0.429. The van der Waals surface area contributed by atoms with E-state index < -0.39 is 26.4 Å². The zero-order chi connectivity index (χ0) is 25.8. The van der Waals surface area contributed by atoms with Gasteiger partial charge in [-0.1, -0.05) is 69.3 Å². The van der Waals surface area contributed by atoms with Crippen molar-refractivity contribution in [2.75, 3.05) is 20.3 Å². The van der Waals surface area contributed by atoms with E-state index in [1.165, 1.54) is 18.2 Å². The number of carbonyl (C=O) groups is 2. The molecule has 3 rings (SSSR count). The second kappa shape index (κ2) is 10.8. The molecule has 0 saturated heterocycles. The van der Waals surface area contributed by atoms with Gasteiger partial charge in [0, 0.05) is 11.5 Å². The predicted molar refractivity (Wildman–Crippen MR) is 141 cm³/mol. The highest BCUT2D eigenvalue weighted by molar-refractivity contribution is 6.74. The van der Waals surface area contributed by atoms with E-state index in [4.69, 9.17) is 13.9 Å². The molecule has 1 aliphatic rings. The van der Waals surface area contributed by atoms with Crippen molar-refractivity contribution in [3.05, 3.63) is 71.3 Å². The van der Waals surface area contributed by atoms with Crippen LogP contribution in [-0.4, -0.2) is 46.7 Å². The van der Waals surface area contributed by atoms with Gasteiger partial charge in [-0.05, 0) is 53.4 Å². The molecule has 6 nitrogen and oxygen atoms in total. The summed E-state index contributed by atoms with van der Waals surface area (Å²) < 4.78 is 16.8. The Morgan fingerprint density at radius 3 is 2.09 bits per heavy atom. The highest BCUT2D eigenvalue weighted by atomic mass is 28.4. The first-order valence-electron chi connectivity index (χ1n) is 12.0. The Bertz CT molecular complexity index is 1060. The molecule has 0 aromatic heterocycles. The summed E-state index contributed by atoms with van der Waals surface area (Å²) in [4.78, 5) is 24.8. The summed E-state index contributed by atoms with van der Waals surface area (Å²) in [7, 11) is -0.729. The van der Waals surface area contributed by atoms with Crippen molar-refractivity contribution >= 4 is 20.4 Å². The molecule has 1 amide bonds. The number of hydrogen-bond acceptors (Lipinski definition) is 5. The number of methoxy groups -OCH3 is 1. The van der Waals surface area contributed by atoms with Gasteiger partial charge in [0.2, 0.25) is 0 Å². The van der Waals surface area contributed by atoms with E-state index in [1.54, 1.807) is 13.0 Å². The van der Waals surface area contributed by atoms with Crippen LogP contribution in [-0.2, 0) is 18.7 Å². The fourth-order valence-corrected chi connectivity index (χ4v) is 5.00. The van der Waals surface area contributed by atoms with Crippen LogP contribution in [0, 0.1) is 0 Å². The van der Waals surface area contributed by atoms with Gasteiger partial charge in [0.1, 0.15) is 6.61 Å². The Labute approximate surface area is 209 Å². The lowest BCUT2D eigenvalue weighted by atomic mass is 9.98. The molecule has 0 fully saturated rings. The molecule has 0 saturated carbocycles. The summed E-state index contributed by atoms with van der Waals surface area (Å²) in [5.41, 5.74) is 5.06. The third-order valence-electron chi connectivity index (χ3n) is 7.04. The monoisotopic (exact) mass is 495 g/mol. The Hall–Kier alpha value is -2.90. The van der Waals surface area contributed by atoms with E-state index in [1.807, 2.05) is 24.3 Å². The number of esters is 1. The maximum atomic E-state index is 12.9. The van der Waals surface area contributed by atoms with Crippen LogP contribution in [0.25, 0.3) is 11.1 Å². The number of fused-ring (bicyclic) bond motifs is 3. The van der Waals surface area contributed by atoms with E-state index in [2.05, 4.69) is 63.4 Å². The largest absolute Gasteiger partial charge is 0.466 e. The van der Waals surface area contributed by atoms with E-state index in [-0.39, 0.29) is 24.2 Å². The maximum absolute atomic E-state index is 12.9. The minimum Gasteiger partial charge on any atom is -0.466 e. The van der Waals surface area contributed by atoms with Crippen molar-refractivity contribution < 1.29 is 23.5 Å². The Morgan fingerprint density at radius 2 is 1.57 bits per heavy atom. The van der Waals surface area contributed by atoms with Gasteiger partial charge in [-0.2, -0.15) is 0 Å². The number of amides is 1.